The minimum absolute atomic E-state index is 0.0235. The van der Waals surface area contributed by atoms with Crippen molar-refractivity contribution in [3.8, 4) is 0 Å². The van der Waals surface area contributed by atoms with Crippen LogP contribution >= 0.6 is 0 Å². The highest BCUT2D eigenvalue weighted by atomic mass is 16.4. The summed E-state index contributed by atoms with van der Waals surface area (Å²) >= 11 is 0. The van der Waals surface area contributed by atoms with Crippen molar-refractivity contribution in [1.82, 2.24) is 5.32 Å². The highest BCUT2D eigenvalue weighted by Crippen LogP contribution is 2.18. The van der Waals surface area contributed by atoms with Crippen LogP contribution in [0.25, 0.3) is 0 Å². The second-order valence-corrected chi connectivity index (χ2v) is 4.52. The normalized spacial score (nSPS) is 19.9. The number of hydrogen-bond acceptors (Lipinski definition) is 3. The first kappa shape index (κ1) is 12.6. The van der Waals surface area contributed by atoms with E-state index >= 15 is 0 Å². The molecule has 1 saturated heterocycles. The van der Waals surface area contributed by atoms with E-state index in [9.17, 15) is 9.59 Å². The fourth-order valence-electron chi connectivity index (χ4n) is 2.04. The van der Waals surface area contributed by atoms with Crippen LogP contribution in [0.5, 0.6) is 0 Å². The van der Waals surface area contributed by atoms with E-state index in [1.54, 1.807) is 4.90 Å². The maximum absolute atomic E-state index is 11.8. The molecule has 5 heteroatoms. The molecule has 1 aliphatic heterocycles. The van der Waals surface area contributed by atoms with Crippen LogP contribution in [-0.2, 0) is 9.59 Å². The lowest BCUT2D eigenvalue weighted by Gasteiger charge is -2.33. The number of aryl methyl sites for hydroxylation is 1. The third kappa shape index (κ3) is 2.87. The summed E-state index contributed by atoms with van der Waals surface area (Å²) in [5.41, 5.74) is 1.95. The fourth-order valence-corrected chi connectivity index (χ4v) is 2.04. The Balaban J connectivity index is 2.12. The van der Waals surface area contributed by atoms with Crippen LogP contribution in [0.1, 0.15) is 12.0 Å². The number of carboxylic acids is 1. The van der Waals surface area contributed by atoms with Crippen molar-refractivity contribution >= 4 is 17.6 Å². The van der Waals surface area contributed by atoms with E-state index in [4.69, 9.17) is 5.11 Å². The zero-order valence-electron chi connectivity index (χ0n) is 10.2. The largest absolute Gasteiger partial charge is 0.481 e. The molecule has 0 aliphatic carbocycles. The zero-order valence-corrected chi connectivity index (χ0v) is 10.2. The van der Waals surface area contributed by atoms with Gasteiger partial charge >= 0.3 is 5.97 Å². The molecular weight excluding hydrogens is 232 g/mol. The molecule has 2 N–H and O–H groups in total. The van der Waals surface area contributed by atoms with Crippen LogP contribution in [0.2, 0.25) is 0 Å². The first-order valence-electron chi connectivity index (χ1n) is 5.88. The number of carbonyl (C=O) groups is 2. The highest BCUT2D eigenvalue weighted by molar-refractivity contribution is 5.95. The monoisotopic (exact) mass is 248 g/mol. The first-order chi connectivity index (χ1) is 8.56. The summed E-state index contributed by atoms with van der Waals surface area (Å²) in [6.07, 6.45) is 0.0235. The minimum atomic E-state index is -0.856. The van der Waals surface area contributed by atoms with Crippen LogP contribution in [0.15, 0.2) is 24.3 Å². The number of nitrogens with zero attached hydrogens (tertiary/aromatic N) is 1. The lowest BCUT2D eigenvalue weighted by atomic mass is 10.1. The standard InChI is InChI=1S/C13H16N2O3/c1-9-2-4-11(5-3-9)15-8-10(6-13(17)18)14-7-12(15)16/h2-5,10,14H,6-8H2,1H3,(H,17,18). The van der Waals surface area contributed by atoms with Gasteiger partial charge in [-0.3, -0.25) is 9.59 Å². The van der Waals surface area contributed by atoms with E-state index in [0.717, 1.165) is 11.3 Å². The molecule has 1 aromatic carbocycles. The summed E-state index contributed by atoms with van der Waals surface area (Å²) in [7, 11) is 0. The Labute approximate surface area is 105 Å². The SMILES string of the molecule is Cc1ccc(N2CC(CC(=O)O)NCC2=O)cc1. The van der Waals surface area contributed by atoms with Crippen molar-refractivity contribution in [1.29, 1.82) is 0 Å². The molecule has 1 heterocycles. The lowest BCUT2D eigenvalue weighted by Crippen LogP contribution is -2.54. The molecule has 0 saturated carbocycles. The molecule has 1 aromatic rings. The summed E-state index contributed by atoms with van der Waals surface area (Å²) in [6, 6.07) is 7.46. The van der Waals surface area contributed by atoms with Crippen LogP contribution in [-0.4, -0.2) is 36.1 Å². The maximum atomic E-state index is 11.8. The van der Waals surface area contributed by atoms with Gasteiger partial charge in [0, 0.05) is 18.3 Å². The molecule has 2 rings (SSSR count). The average Bonchev–Trinajstić information content (AvgIpc) is 2.32. The first-order valence-corrected chi connectivity index (χ1v) is 5.88. The van der Waals surface area contributed by atoms with Gasteiger partial charge in [-0.2, -0.15) is 0 Å². The summed E-state index contributed by atoms with van der Waals surface area (Å²) in [4.78, 5) is 24.2. The van der Waals surface area contributed by atoms with Crippen molar-refractivity contribution in [3.05, 3.63) is 29.8 Å². The number of carbonyl (C=O) groups excluding carboxylic acids is 1. The van der Waals surface area contributed by atoms with Gasteiger partial charge in [-0.25, -0.2) is 0 Å². The Hall–Kier alpha value is -1.88. The second-order valence-electron chi connectivity index (χ2n) is 4.52. The van der Waals surface area contributed by atoms with Gasteiger partial charge < -0.3 is 15.3 Å². The van der Waals surface area contributed by atoms with E-state index in [1.165, 1.54) is 0 Å². The van der Waals surface area contributed by atoms with Crippen molar-refractivity contribution in [2.45, 2.75) is 19.4 Å². The number of hydrogen-bond donors (Lipinski definition) is 2. The second kappa shape index (κ2) is 5.18. The quantitative estimate of drug-likeness (QED) is 0.829. The number of anilines is 1. The smallest absolute Gasteiger partial charge is 0.304 e. The zero-order chi connectivity index (χ0) is 13.1. The van der Waals surface area contributed by atoms with Crippen LogP contribution in [0.3, 0.4) is 0 Å². The number of benzene rings is 1. The van der Waals surface area contributed by atoms with E-state index in [2.05, 4.69) is 5.32 Å². The molecule has 0 aromatic heterocycles. The number of aliphatic carboxylic acids is 1. The Morgan fingerprint density at radius 1 is 1.44 bits per heavy atom. The van der Waals surface area contributed by atoms with Gasteiger partial charge in [0.25, 0.3) is 0 Å². The molecular formula is C13H16N2O3. The molecule has 1 atom stereocenters. The van der Waals surface area contributed by atoms with E-state index in [0.29, 0.717) is 6.54 Å². The van der Waals surface area contributed by atoms with Gasteiger partial charge in [-0.05, 0) is 19.1 Å². The van der Waals surface area contributed by atoms with Crippen molar-refractivity contribution in [3.63, 3.8) is 0 Å². The van der Waals surface area contributed by atoms with Crippen molar-refractivity contribution in [2.24, 2.45) is 0 Å². The molecule has 1 fully saturated rings. The molecule has 0 bridgehead atoms. The van der Waals surface area contributed by atoms with Gasteiger partial charge in [-0.1, -0.05) is 17.7 Å². The van der Waals surface area contributed by atoms with Crippen LogP contribution in [0.4, 0.5) is 5.69 Å². The predicted octanol–water partition coefficient (Wildman–Crippen LogP) is 0.775. The van der Waals surface area contributed by atoms with E-state index in [-0.39, 0.29) is 24.9 Å². The van der Waals surface area contributed by atoms with Crippen LogP contribution in [0, 0.1) is 6.92 Å². The number of amides is 1. The maximum Gasteiger partial charge on any atom is 0.304 e. The average molecular weight is 248 g/mol. The Morgan fingerprint density at radius 3 is 2.72 bits per heavy atom. The molecule has 96 valence electrons. The molecule has 1 amide bonds. The predicted molar refractivity (Wildman–Crippen MR) is 67.6 cm³/mol. The molecule has 5 nitrogen and oxygen atoms in total. The Bertz CT molecular complexity index is 456. The molecule has 0 spiro atoms. The van der Waals surface area contributed by atoms with E-state index < -0.39 is 5.97 Å². The summed E-state index contributed by atoms with van der Waals surface area (Å²) < 4.78 is 0. The fraction of sp³-hybridized carbons (Fsp3) is 0.385. The number of nitrogens with one attached hydrogen (secondary N) is 1. The summed E-state index contributed by atoms with van der Waals surface area (Å²) in [5.74, 6) is -0.883. The number of rotatable bonds is 3. The number of piperazine rings is 1. The molecule has 18 heavy (non-hydrogen) atoms. The van der Waals surface area contributed by atoms with Gasteiger partial charge in [0.1, 0.15) is 0 Å². The van der Waals surface area contributed by atoms with Crippen molar-refractivity contribution in [2.75, 3.05) is 18.0 Å². The molecule has 1 unspecified atom stereocenters. The third-order valence-corrected chi connectivity index (χ3v) is 3.01. The Kier molecular flexibility index (Phi) is 3.62. The topological polar surface area (TPSA) is 69.6 Å². The Morgan fingerprint density at radius 2 is 2.11 bits per heavy atom. The van der Waals surface area contributed by atoms with Crippen molar-refractivity contribution < 1.29 is 14.7 Å². The molecule has 1 aliphatic rings. The summed E-state index contributed by atoms with van der Waals surface area (Å²) in [6.45, 7) is 2.57. The van der Waals surface area contributed by atoms with Gasteiger partial charge in [0.15, 0.2) is 0 Å². The van der Waals surface area contributed by atoms with Gasteiger partial charge in [0.2, 0.25) is 5.91 Å². The third-order valence-electron chi connectivity index (χ3n) is 3.01. The summed E-state index contributed by atoms with van der Waals surface area (Å²) in [5, 5.41) is 11.7. The van der Waals surface area contributed by atoms with Gasteiger partial charge in [-0.15, -0.1) is 0 Å². The van der Waals surface area contributed by atoms with E-state index in [1.807, 2.05) is 31.2 Å². The molecule has 0 radical (unpaired) electrons. The number of carboxylic acid groups (broad SMARTS) is 1. The van der Waals surface area contributed by atoms with Crippen LogP contribution < -0.4 is 10.2 Å². The highest BCUT2D eigenvalue weighted by Gasteiger charge is 2.27. The minimum Gasteiger partial charge on any atom is -0.481 e. The lowest BCUT2D eigenvalue weighted by molar-refractivity contribution is -0.138. The van der Waals surface area contributed by atoms with Gasteiger partial charge in [0.05, 0.1) is 13.0 Å².